The average Bonchev–Trinajstić information content (AvgIpc) is 2.35. The van der Waals surface area contributed by atoms with Crippen LogP contribution in [0, 0.1) is 0 Å². The van der Waals surface area contributed by atoms with Gasteiger partial charge in [-0.15, -0.1) is 12.4 Å². The largest absolute Gasteiger partial charge is 0.380 e. The van der Waals surface area contributed by atoms with E-state index in [4.69, 9.17) is 22.1 Å². The summed E-state index contributed by atoms with van der Waals surface area (Å²) in [6.45, 7) is 0.746. The van der Waals surface area contributed by atoms with E-state index >= 15 is 0 Å². The van der Waals surface area contributed by atoms with E-state index in [0.29, 0.717) is 18.1 Å². The minimum atomic E-state index is -0.235. The van der Waals surface area contributed by atoms with E-state index in [2.05, 4.69) is 5.32 Å². The van der Waals surface area contributed by atoms with Gasteiger partial charge >= 0.3 is 0 Å². The number of hydrogen-bond donors (Lipinski definition) is 2. The first-order chi connectivity index (χ1) is 8.17. The number of rotatable bonds is 6. The Morgan fingerprint density at radius 3 is 2.72 bits per heavy atom. The number of benzene rings is 1. The Balaban J connectivity index is 0.00000289. The van der Waals surface area contributed by atoms with Gasteiger partial charge in [-0.05, 0) is 11.6 Å². The molecule has 0 bridgehead atoms. The Kier molecular flexibility index (Phi) is 8.75. The fourth-order valence-electron chi connectivity index (χ4n) is 1.38. The van der Waals surface area contributed by atoms with Crippen molar-refractivity contribution in [2.24, 2.45) is 5.73 Å². The summed E-state index contributed by atoms with van der Waals surface area (Å²) in [5.74, 6) is -0.0952. The Morgan fingerprint density at radius 2 is 2.17 bits per heavy atom. The highest BCUT2D eigenvalue weighted by Crippen LogP contribution is 2.14. The molecule has 1 unspecified atom stereocenters. The molecule has 1 rings (SSSR count). The van der Waals surface area contributed by atoms with Crippen LogP contribution in [-0.4, -0.2) is 25.7 Å². The van der Waals surface area contributed by atoms with Gasteiger partial charge in [0.05, 0.1) is 12.5 Å². The van der Waals surface area contributed by atoms with Crippen LogP contribution in [0.15, 0.2) is 24.3 Å². The molecule has 102 valence electrons. The van der Waals surface area contributed by atoms with Crippen molar-refractivity contribution in [1.29, 1.82) is 0 Å². The van der Waals surface area contributed by atoms with Gasteiger partial charge in [0, 0.05) is 25.2 Å². The SMILES string of the molecule is COC(CN)CC(=O)NCc1ccccc1Cl.Cl. The third-order valence-corrected chi connectivity index (χ3v) is 2.81. The highest BCUT2D eigenvalue weighted by molar-refractivity contribution is 6.31. The Morgan fingerprint density at radius 1 is 1.50 bits per heavy atom. The van der Waals surface area contributed by atoms with Gasteiger partial charge < -0.3 is 15.8 Å². The quantitative estimate of drug-likeness (QED) is 0.839. The number of halogens is 2. The van der Waals surface area contributed by atoms with Crippen LogP contribution in [0.3, 0.4) is 0 Å². The molecule has 1 amide bonds. The molecule has 0 radical (unpaired) electrons. The van der Waals surface area contributed by atoms with Crippen LogP contribution in [0.4, 0.5) is 0 Å². The molecule has 0 aliphatic carbocycles. The second kappa shape index (κ2) is 9.16. The van der Waals surface area contributed by atoms with Crippen molar-refractivity contribution >= 4 is 29.9 Å². The Bertz CT molecular complexity index is 371. The second-order valence-corrected chi connectivity index (χ2v) is 4.07. The number of ether oxygens (including phenoxy) is 1. The van der Waals surface area contributed by atoms with Crippen LogP contribution in [-0.2, 0) is 16.1 Å². The molecule has 1 atom stereocenters. The van der Waals surface area contributed by atoms with Crippen LogP contribution in [0.1, 0.15) is 12.0 Å². The summed E-state index contributed by atoms with van der Waals surface area (Å²) < 4.78 is 5.03. The molecule has 1 aromatic rings. The van der Waals surface area contributed by atoms with Crippen molar-refractivity contribution in [1.82, 2.24) is 5.32 Å². The third-order valence-electron chi connectivity index (χ3n) is 2.44. The monoisotopic (exact) mass is 292 g/mol. The van der Waals surface area contributed by atoms with Crippen LogP contribution in [0.25, 0.3) is 0 Å². The fraction of sp³-hybridized carbons (Fsp3) is 0.417. The average molecular weight is 293 g/mol. The third kappa shape index (κ3) is 5.69. The maximum absolute atomic E-state index is 11.6. The van der Waals surface area contributed by atoms with Crippen molar-refractivity contribution in [3.05, 3.63) is 34.9 Å². The molecular weight excluding hydrogens is 275 g/mol. The predicted octanol–water partition coefficient (Wildman–Crippen LogP) is 1.74. The molecule has 1 aromatic carbocycles. The normalized spacial score (nSPS) is 11.5. The van der Waals surface area contributed by atoms with Crippen molar-refractivity contribution in [3.8, 4) is 0 Å². The molecule has 3 N–H and O–H groups in total. The molecule has 0 heterocycles. The van der Waals surface area contributed by atoms with E-state index in [1.165, 1.54) is 0 Å². The molecule has 0 fully saturated rings. The number of nitrogens with one attached hydrogen (secondary N) is 1. The highest BCUT2D eigenvalue weighted by atomic mass is 35.5. The van der Waals surface area contributed by atoms with E-state index in [1.54, 1.807) is 13.2 Å². The molecule has 0 aromatic heterocycles. The highest BCUT2D eigenvalue weighted by Gasteiger charge is 2.11. The van der Waals surface area contributed by atoms with E-state index in [-0.39, 0.29) is 30.8 Å². The molecule has 0 spiro atoms. The minimum absolute atomic E-state index is 0. The maximum Gasteiger partial charge on any atom is 0.222 e. The van der Waals surface area contributed by atoms with Gasteiger partial charge in [-0.25, -0.2) is 0 Å². The predicted molar refractivity (Wildman–Crippen MR) is 75.0 cm³/mol. The van der Waals surface area contributed by atoms with Gasteiger partial charge in [-0.3, -0.25) is 4.79 Å². The number of nitrogens with two attached hydrogens (primary N) is 1. The van der Waals surface area contributed by atoms with Crippen LogP contribution in [0.2, 0.25) is 5.02 Å². The van der Waals surface area contributed by atoms with Crippen molar-refractivity contribution < 1.29 is 9.53 Å². The van der Waals surface area contributed by atoms with E-state index in [1.807, 2.05) is 18.2 Å². The lowest BCUT2D eigenvalue weighted by Crippen LogP contribution is -2.31. The number of methoxy groups -OCH3 is 1. The van der Waals surface area contributed by atoms with Gasteiger partial charge in [-0.1, -0.05) is 29.8 Å². The zero-order chi connectivity index (χ0) is 12.7. The first-order valence-electron chi connectivity index (χ1n) is 5.40. The minimum Gasteiger partial charge on any atom is -0.380 e. The van der Waals surface area contributed by atoms with Gasteiger partial charge in [0.1, 0.15) is 0 Å². The Hall–Kier alpha value is -0.810. The summed E-state index contributed by atoms with van der Waals surface area (Å²) in [5.41, 5.74) is 6.33. The topological polar surface area (TPSA) is 64.3 Å². The number of carbonyl (C=O) groups excluding carboxylic acids is 1. The molecule has 0 saturated heterocycles. The van der Waals surface area contributed by atoms with Crippen LogP contribution in [0.5, 0.6) is 0 Å². The van der Waals surface area contributed by atoms with Crippen LogP contribution < -0.4 is 11.1 Å². The van der Waals surface area contributed by atoms with E-state index in [9.17, 15) is 4.79 Å². The maximum atomic E-state index is 11.6. The zero-order valence-electron chi connectivity index (χ0n) is 10.2. The van der Waals surface area contributed by atoms with Gasteiger partial charge in [0.25, 0.3) is 0 Å². The standard InChI is InChI=1S/C12H17ClN2O2.ClH/c1-17-10(7-14)6-12(16)15-8-9-4-2-3-5-11(9)13;/h2-5,10H,6-8,14H2,1H3,(H,15,16);1H. The zero-order valence-corrected chi connectivity index (χ0v) is 11.8. The lowest BCUT2D eigenvalue weighted by atomic mass is 10.2. The smallest absolute Gasteiger partial charge is 0.222 e. The number of hydrogen-bond acceptors (Lipinski definition) is 3. The molecule has 0 aliphatic heterocycles. The summed E-state index contributed by atoms with van der Waals surface area (Å²) in [4.78, 5) is 11.6. The summed E-state index contributed by atoms with van der Waals surface area (Å²) in [6, 6.07) is 7.40. The molecule has 4 nitrogen and oxygen atoms in total. The fourth-order valence-corrected chi connectivity index (χ4v) is 1.58. The van der Waals surface area contributed by atoms with Gasteiger partial charge in [-0.2, -0.15) is 0 Å². The summed E-state index contributed by atoms with van der Waals surface area (Å²) >= 11 is 5.97. The molecule has 0 aliphatic rings. The summed E-state index contributed by atoms with van der Waals surface area (Å²) in [7, 11) is 1.54. The van der Waals surface area contributed by atoms with Crippen LogP contribution >= 0.6 is 24.0 Å². The molecule has 18 heavy (non-hydrogen) atoms. The van der Waals surface area contributed by atoms with Gasteiger partial charge in [0.2, 0.25) is 5.91 Å². The Labute approximate surface area is 118 Å². The van der Waals surface area contributed by atoms with Crippen molar-refractivity contribution in [2.45, 2.75) is 19.1 Å². The molecule has 0 saturated carbocycles. The van der Waals surface area contributed by atoms with Crippen molar-refractivity contribution in [3.63, 3.8) is 0 Å². The first kappa shape index (κ1) is 17.2. The lowest BCUT2D eigenvalue weighted by Gasteiger charge is -2.12. The number of amides is 1. The van der Waals surface area contributed by atoms with E-state index in [0.717, 1.165) is 5.56 Å². The molecular formula is C12H18Cl2N2O2. The summed E-state index contributed by atoms with van der Waals surface area (Å²) in [6.07, 6.45) is 0.0264. The lowest BCUT2D eigenvalue weighted by molar-refractivity contribution is -0.123. The summed E-state index contributed by atoms with van der Waals surface area (Å²) in [5, 5.41) is 3.43. The number of carbonyl (C=O) groups is 1. The van der Waals surface area contributed by atoms with Gasteiger partial charge in [0.15, 0.2) is 0 Å². The van der Waals surface area contributed by atoms with Crippen molar-refractivity contribution in [2.75, 3.05) is 13.7 Å². The second-order valence-electron chi connectivity index (χ2n) is 3.67. The first-order valence-corrected chi connectivity index (χ1v) is 5.78. The molecule has 6 heteroatoms. The van der Waals surface area contributed by atoms with E-state index < -0.39 is 0 Å².